The minimum Gasteiger partial charge on any atom is -0.348 e. The number of amides is 1. The van der Waals surface area contributed by atoms with Crippen molar-refractivity contribution >= 4 is 17.7 Å². The lowest BCUT2D eigenvalue weighted by Gasteiger charge is -2.20. The highest BCUT2D eigenvalue weighted by Crippen LogP contribution is 2.30. The highest BCUT2D eigenvalue weighted by atomic mass is 32.2. The Hall–Kier alpha value is -1.48. The molecule has 1 aliphatic carbocycles. The molecule has 1 heterocycles. The van der Waals surface area contributed by atoms with E-state index >= 15 is 0 Å². The summed E-state index contributed by atoms with van der Waals surface area (Å²) in [6.45, 7) is 4.57. The van der Waals surface area contributed by atoms with Crippen molar-refractivity contribution in [2.75, 3.05) is 5.75 Å². The number of carbonyl (C=O) groups is 1. The molecular weight excluding hydrogens is 284 g/mol. The molecule has 0 radical (unpaired) electrons. The van der Waals surface area contributed by atoms with E-state index in [0.29, 0.717) is 23.8 Å². The third-order valence-electron chi connectivity index (χ3n) is 3.93. The Morgan fingerprint density at radius 1 is 1.62 bits per heavy atom. The number of aryl methyl sites for hydroxylation is 1. The van der Waals surface area contributed by atoms with Crippen molar-refractivity contribution in [2.24, 2.45) is 0 Å². The van der Waals surface area contributed by atoms with Crippen LogP contribution < -0.4 is 5.32 Å². The molecule has 0 aliphatic heterocycles. The van der Waals surface area contributed by atoms with Crippen LogP contribution in [0.1, 0.15) is 48.7 Å². The van der Waals surface area contributed by atoms with Crippen LogP contribution in [0.5, 0.6) is 0 Å². The first kappa shape index (κ1) is 15.9. The number of rotatable bonds is 6. The van der Waals surface area contributed by atoms with E-state index in [-0.39, 0.29) is 11.9 Å². The fourth-order valence-corrected chi connectivity index (χ4v) is 4.00. The van der Waals surface area contributed by atoms with E-state index in [4.69, 9.17) is 5.26 Å². The van der Waals surface area contributed by atoms with Crippen LogP contribution in [0.2, 0.25) is 0 Å². The zero-order chi connectivity index (χ0) is 15.2. The number of thioether (sulfide) groups is 1. The molecule has 1 aromatic rings. The zero-order valence-corrected chi connectivity index (χ0v) is 13.4. The molecule has 0 aromatic carbocycles. The lowest BCUT2D eigenvalue weighted by atomic mass is 10.2. The molecule has 0 saturated heterocycles. The van der Waals surface area contributed by atoms with E-state index in [1.165, 1.54) is 12.8 Å². The summed E-state index contributed by atoms with van der Waals surface area (Å²) in [5.41, 5.74) is 1.46. The highest BCUT2D eigenvalue weighted by Gasteiger charge is 2.29. The van der Waals surface area contributed by atoms with E-state index in [1.807, 2.05) is 18.7 Å². The molecule has 5 nitrogen and oxygen atoms in total. The molecular formula is C15H22N4OS. The van der Waals surface area contributed by atoms with Gasteiger partial charge in [-0.2, -0.15) is 22.1 Å². The Kier molecular flexibility index (Phi) is 5.68. The van der Waals surface area contributed by atoms with E-state index in [0.717, 1.165) is 17.9 Å². The van der Waals surface area contributed by atoms with Gasteiger partial charge in [-0.15, -0.1) is 0 Å². The van der Waals surface area contributed by atoms with Gasteiger partial charge in [0.2, 0.25) is 0 Å². The highest BCUT2D eigenvalue weighted by molar-refractivity contribution is 7.99. The van der Waals surface area contributed by atoms with Crippen molar-refractivity contribution in [3.63, 3.8) is 0 Å². The number of hydrogen-bond donors (Lipinski definition) is 1. The minimum atomic E-state index is -0.0377. The second kappa shape index (κ2) is 7.51. The van der Waals surface area contributed by atoms with Gasteiger partial charge >= 0.3 is 0 Å². The summed E-state index contributed by atoms with van der Waals surface area (Å²) in [6.07, 6.45) is 5.44. The first-order chi connectivity index (χ1) is 10.2. The maximum Gasteiger partial charge on any atom is 0.254 e. The van der Waals surface area contributed by atoms with Gasteiger partial charge in [-0.3, -0.25) is 9.48 Å². The summed E-state index contributed by atoms with van der Waals surface area (Å²) in [4.78, 5) is 12.4. The van der Waals surface area contributed by atoms with Crippen LogP contribution in [0.3, 0.4) is 0 Å². The fourth-order valence-electron chi connectivity index (χ4n) is 2.80. The van der Waals surface area contributed by atoms with Crippen molar-refractivity contribution in [1.29, 1.82) is 5.26 Å². The summed E-state index contributed by atoms with van der Waals surface area (Å²) in [5, 5.41) is 16.5. The van der Waals surface area contributed by atoms with Gasteiger partial charge in [-0.25, -0.2) is 0 Å². The summed E-state index contributed by atoms with van der Waals surface area (Å²) < 4.78 is 1.73. The van der Waals surface area contributed by atoms with Gasteiger partial charge in [0.05, 0.1) is 30.8 Å². The number of aromatic nitrogens is 2. The average molecular weight is 306 g/mol. The van der Waals surface area contributed by atoms with Crippen molar-refractivity contribution in [3.8, 4) is 6.07 Å². The minimum absolute atomic E-state index is 0.0377. The van der Waals surface area contributed by atoms with Crippen LogP contribution >= 0.6 is 11.8 Å². The van der Waals surface area contributed by atoms with Crippen LogP contribution in [0.25, 0.3) is 0 Å². The predicted molar refractivity (Wildman–Crippen MR) is 84.2 cm³/mol. The van der Waals surface area contributed by atoms with E-state index < -0.39 is 0 Å². The maximum atomic E-state index is 12.4. The Morgan fingerprint density at radius 3 is 3.14 bits per heavy atom. The van der Waals surface area contributed by atoms with E-state index in [1.54, 1.807) is 10.9 Å². The number of nitrogens with one attached hydrogen (secondary N) is 1. The van der Waals surface area contributed by atoms with Crippen molar-refractivity contribution < 1.29 is 4.79 Å². The summed E-state index contributed by atoms with van der Waals surface area (Å²) in [5.74, 6) is 1.05. The molecule has 2 unspecified atom stereocenters. The second-order valence-corrected chi connectivity index (χ2v) is 6.80. The van der Waals surface area contributed by atoms with Gasteiger partial charge in [0, 0.05) is 17.0 Å². The molecule has 114 valence electrons. The Morgan fingerprint density at radius 2 is 2.43 bits per heavy atom. The number of nitriles is 1. The van der Waals surface area contributed by atoms with Crippen molar-refractivity contribution in [3.05, 3.63) is 17.5 Å². The van der Waals surface area contributed by atoms with Gasteiger partial charge in [0.15, 0.2) is 0 Å². The second-order valence-electron chi connectivity index (χ2n) is 5.28. The quantitative estimate of drug-likeness (QED) is 0.876. The molecule has 1 aromatic heterocycles. The molecule has 1 N–H and O–H groups in total. The Balaban J connectivity index is 2.00. The molecule has 2 atom stereocenters. The molecule has 1 amide bonds. The first-order valence-electron chi connectivity index (χ1n) is 7.49. The predicted octanol–water partition coefficient (Wildman–Crippen LogP) is 2.51. The molecule has 0 spiro atoms. The Bertz CT molecular complexity index is 534. The zero-order valence-electron chi connectivity index (χ0n) is 12.6. The maximum absolute atomic E-state index is 12.4. The van der Waals surface area contributed by atoms with Crippen molar-refractivity contribution in [2.45, 2.75) is 57.4 Å². The largest absolute Gasteiger partial charge is 0.348 e. The van der Waals surface area contributed by atoms with Gasteiger partial charge in [0.25, 0.3) is 5.91 Å². The van der Waals surface area contributed by atoms with E-state index in [9.17, 15) is 4.79 Å². The molecule has 1 aliphatic rings. The average Bonchev–Trinajstić information content (AvgIpc) is 3.04. The van der Waals surface area contributed by atoms with E-state index in [2.05, 4.69) is 23.4 Å². The monoisotopic (exact) mass is 306 g/mol. The summed E-state index contributed by atoms with van der Waals surface area (Å²) in [6, 6.07) is 2.36. The normalized spacial score (nSPS) is 21.2. The lowest BCUT2D eigenvalue weighted by Crippen LogP contribution is -2.39. The Labute approximate surface area is 130 Å². The third kappa shape index (κ3) is 3.79. The summed E-state index contributed by atoms with van der Waals surface area (Å²) >= 11 is 1.93. The molecule has 2 rings (SSSR count). The van der Waals surface area contributed by atoms with Gasteiger partial charge in [0.1, 0.15) is 0 Å². The first-order valence-corrected chi connectivity index (χ1v) is 8.54. The van der Waals surface area contributed by atoms with Crippen molar-refractivity contribution in [1.82, 2.24) is 15.1 Å². The van der Waals surface area contributed by atoms with Crippen LogP contribution in [-0.2, 0) is 6.54 Å². The molecule has 1 saturated carbocycles. The molecule has 1 fully saturated rings. The fraction of sp³-hybridized carbons (Fsp3) is 0.667. The van der Waals surface area contributed by atoms with Crippen LogP contribution in [-0.4, -0.2) is 32.7 Å². The third-order valence-corrected chi connectivity index (χ3v) is 5.26. The van der Waals surface area contributed by atoms with Gasteiger partial charge < -0.3 is 5.32 Å². The number of carbonyl (C=O) groups excluding carboxylic acids is 1. The van der Waals surface area contributed by atoms with Gasteiger partial charge in [-0.1, -0.05) is 13.3 Å². The topological polar surface area (TPSA) is 70.7 Å². The van der Waals surface area contributed by atoms with Gasteiger partial charge in [-0.05, 0) is 25.5 Å². The summed E-state index contributed by atoms with van der Waals surface area (Å²) in [7, 11) is 0. The van der Waals surface area contributed by atoms with Crippen LogP contribution in [0, 0.1) is 18.3 Å². The van der Waals surface area contributed by atoms with Crippen LogP contribution in [0.4, 0.5) is 0 Å². The molecule has 21 heavy (non-hydrogen) atoms. The molecule has 6 heteroatoms. The lowest BCUT2D eigenvalue weighted by molar-refractivity contribution is 0.0938. The van der Waals surface area contributed by atoms with Crippen LogP contribution in [0.15, 0.2) is 6.20 Å². The molecule has 0 bridgehead atoms. The SMILES string of the molecule is CCSC1CCCC1NC(=O)c1cnn(CCC#N)c1C. The number of hydrogen-bond acceptors (Lipinski definition) is 4. The smallest absolute Gasteiger partial charge is 0.254 e. The number of nitrogens with zero attached hydrogens (tertiary/aromatic N) is 3. The standard InChI is InChI=1S/C15H22N4OS/c1-3-21-14-7-4-6-13(14)18-15(20)12-10-17-19(11(12)2)9-5-8-16/h10,13-14H,3-7,9H2,1-2H3,(H,18,20).